The molecule has 0 amide bonds. The molecule has 4 rings (SSSR count). The normalized spacial score (nSPS) is 16.3. The Hall–Kier alpha value is -3.54. The van der Waals surface area contributed by atoms with Gasteiger partial charge in [0, 0.05) is 18.7 Å². The Labute approximate surface area is 201 Å². The molecule has 1 aliphatic heterocycles. The summed E-state index contributed by atoms with van der Waals surface area (Å²) in [6.07, 6.45) is 11.6. The summed E-state index contributed by atoms with van der Waals surface area (Å²) in [6, 6.07) is 8.59. The third kappa shape index (κ3) is 5.01. The van der Waals surface area contributed by atoms with Crippen LogP contribution in [0.25, 0.3) is 17.0 Å². The zero-order valence-electron chi connectivity index (χ0n) is 20.0. The molecule has 1 aliphatic carbocycles. The molecule has 0 unspecified atom stereocenters. The molecule has 1 aromatic carbocycles. The first-order valence-corrected chi connectivity index (χ1v) is 11.9. The third-order valence-corrected chi connectivity index (χ3v) is 6.24. The van der Waals surface area contributed by atoms with Crippen LogP contribution in [0.3, 0.4) is 0 Å². The fourth-order valence-electron chi connectivity index (χ4n) is 4.33. The van der Waals surface area contributed by atoms with Gasteiger partial charge in [0.1, 0.15) is 5.69 Å². The zero-order chi connectivity index (χ0) is 24.1. The molecule has 0 radical (unpaired) electrons. The summed E-state index contributed by atoms with van der Waals surface area (Å²) in [7, 11) is 1.46. The predicted octanol–water partition coefficient (Wildman–Crippen LogP) is 6.03. The van der Waals surface area contributed by atoms with E-state index in [9.17, 15) is 4.39 Å². The molecule has 1 saturated heterocycles. The number of nitrogens with one attached hydrogen (secondary N) is 1. The molecule has 2 aromatic rings. The van der Waals surface area contributed by atoms with Crippen LogP contribution in [0, 0.1) is 5.82 Å². The third-order valence-electron chi connectivity index (χ3n) is 6.24. The molecule has 34 heavy (non-hydrogen) atoms. The number of halogens is 1. The van der Waals surface area contributed by atoms with Crippen molar-refractivity contribution in [2.24, 2.45) is 0 Å². The van der Waals surface area contributed by atoms with E-state index in [1.54, 1.807) is 30.3 Å². The number of anilines is 1. The quantitative estimate of drug-likeness (QED) is 0.471. The highest BCUT2D eigenvalue weighted by Crippen LogP contribution is 2.38. The van der Waals surface area contributed by atoms with Gasteiger partial charge in [0.2, 0.25) is 0 Å². The van der Waals surface area contributed by atoms with E-state index in [2.05, 4.69) is 28.9 Å². The van der Waals surface area contributed by atoms with Gasteiger partial charge in [-0.25, -0.2) is 9.37 Å². The van der Waals surface area contributed by atoms with E-state index in [4.69, 9.17) is 15.5 Å². The van der Waals surface area contributed by atoms with Gasteiger partial charge in [-0.15, -0.1) is 0 Å². The Morgan fingerprint density at radius 3 is 2.59 bits per heavy atom. The second kappa shape index (κ2) is 10.6. The molecule has 1 saturated carbocycles. The number of nitrogens with two attached hydrogens (primary N) is 1. The van der Waals surface area contributed by atoms with Crippen molar-refractivity contribution < 1.29 is 9.13 Å². The van der Waals surface area contributed by atoms with Gasteiger partial charge >= 0.3 is 0 Å². The average Bonchev–Trinajstić information content (AvgIpc) is 3.71. The van der Waals surface area contributed by atoms with Crippen molar-refractivity contribution in [1.82, 2.24) is 15.2 Å². The lowest BCUT2D eigenvalue weighted by Gasteiger charge is -2.31. The number of nitrogens with zero attached hydrogens (tertiary/aromatic N) is 2. The van der Waals surface area contributed by atoms with Crippen molar-refractivity contribution in [3.05, 3.63) is 83.6 Å². The number of likely N-dealkylation sites (tertiary alicyclic amines) is 1. The van der Waals surface area contributed by atoms with Crippen molar-refractivity contribution in [3.8, 4) is 17.0 Å². The van der Waals surface area contributed by atoms with Gasteiger partial charge in [-0.3, -0.25) is 0 Å². The number of aromatic nitrogens is 1. The van der Waals surface area contributed by atoms with Gasteiger partial charge in [-0.05, 0) is 81.0 Å². The molecule has 0 spiro atoms. The Balaban J connectivity index is 1.76. The number of hydrogen-bond acceptors (Lipinski definition) is 5. The number of methoxy groups -OCH3 is 1. The smallest absolute Gasteiger partial charge is 0.174 e. The number of hydrogen-bond donors (Lipinski definition) is 2. The summed E-state index contributed by atoms with van der Waals surface area (Å²) < 4.78 is 20.1. The topological polar surface area (TPSA) is 63.4 Å². The maximum absolute atomic E-state index is 15.0. The minimum absolute atomic E-state index is 0.186. The molecule has 1 aromatic heterocycles. The van der Waals surface area contributed by atoms with Gasteiger partial charge in [0.05, 0.1) is 35.6 Å². The summed E-state index contributed by atoms with van der Waals surface area (Å²) in [6.45, 7) is 8.16. The first-order chi connectivity index (χ1) is 16.6. The Morgan fingerprint density at radius 2 is 1.94 bits per heavy atom. The molecule has 0 atom stereocenters. The standard InChI is InChI=1S/C28H33FN4O/c1-4-10-24(33-17-7-6-8-18-33)22(5-2)31-27(19-13-14-19)28-21(30)15-16-23(32-28)20-11-9-12-25(34-3)26(20)29/h4-5,9-12,15-16,31H,2,6-8,13-14,17-18,30H2,1,3H3/b10-4-,24-22-. The SMILES string of the molecule is C=C/C(NC(=C1CC1)c1nc(-c2cccc(OC)c2F)ccc1N)=C(\C=C/C)N1CCCCC1. The van der Waals surface area contributed by atoms with Gasteiger partial charge in [-0.1, -0.05) is 18.7 Å². The highest BCUT2D eigenvalue weighted by atomic mass is 19.1. The summed E-state index contributed by atoms with van der Waals surface area (Å²) in [4.78, 5) is 7.22. The summed E-state index contributed by atoms with van der Waals surface area (Å²) in [5.74, 6) is -0.250. The predicted molar refractivity (Wildman–Crippen MR) is 137 cm³/mol. The molecule has 0 bridgehead atoms. The van der Waals surface area contributed by atoms with Gasteiger partial charge in [0.15, 0.2) is 11.6 Å². The van der Waals surface area contributed by atoms with Crippen molar-refractivity contribution in [2.45, 2.75) is 39.0 Å². The highest BCUT2D eigenvalue weighted by molar-refractivity contribution is 5.79. The van der Waals surface area contributed by atoms with Gasteiger partial charge in [0.25, 0.3) is 0 Å². The van der Waals surface area contributed by atoms with Crippen LogP contribution in [-0.2, 0) is 0 Å². The second-order valence-corrected chi connectivity index (χ2v) is 8.61. The van der Waals surface area contributed by atoms with E-state index >= 15 is 0 Å². The van der Waals surface area contributed by atoms with Crippen molar-refractivity contribution in [1.29, 1.82) is 0 Å². The number of allylic oxidation sites excluding steroid dienone is 4. The molecule has 2 fully saturated rings. The molecule has 178 valence electrons. The molecular formula is C28H33FN4O. The van der Waals surface area contributed by atoms with Crippen LogP contribution in [0.1, 0.15) is 44.7 Å². The molecule has 5 nitrogen and oxygen atoms in total. The van der Waals surface area contributed by atoms with E-state index in [0.717, 1.165) is 43.0 Å². The van der Waals surface area contributed by atoms with Crippen molar-refractivity contribution in [2.75, 3.05) is 25.9 Å². The van der Waals surface area contributed by atoms with Crippen LogP contribution in [0.15, 0.2) is 72.1 Å². The summed E-state index contributed by atoms with van der Waals surface area (Å²) in [5, 5.41) is 3.61. The maximum atomic E-state index is 15.0. The van der Waals surface area contributed by atoms with Crippen molar-refractivity contribution in [3.63, 3.8) is 0 Å². The lowest BCUT2D eigenvalue weighted by atomic mass is 10.1. The van der Waals surface area contributed by atoms with Crippen molar-refractivity contribution >= 4 is 11.4 Å². The fourth-order valence-corrected chi connectivity index (χ4v) is 4.33. The first-order valence-electron chi connectivity index (χ1n) is 11.9. The first kappa shape index (κ1) is 23.6. The van der Waals surface area contributed by atoms with E-state index in [1.807, 2.05) is 13.0 Å². The van der Waals surface area contributed by atoms with Crippen LogP contribution in [-0.4, -0.2) is 30.1 Å². The van der Waals surface area contributed by atoms with Crippen LogP contribution >= 0.6 is 0 Å². The zero-order valence-corrected chi connectivity index (χ0v) is 20.0. The molecule has 2 aliphatic rings. The lowest BCUT2D eigenvalue weighted by molar-refractivity contribution is 0.290. The van der Waals surface area contributed by atoms with E-state index < -0.39 is 5.82 Å². The van der Waals surface area contributed by atoms with E-state index in [0.29, 0.717) is 22.6 Å². The lowest BCUT2D eigenvalue weighted by Crippen LogP contribution is -2.31. The Bertz CT molecular complexity index is 1150. The van der Waals surface area contributed by atoms with E-state index in [-0.39, 0.29) is 5.75 Å². The molecule has 3 N–H and O–H groups in total. The van der Waals surface area contributed by atoms with Crippen LogP contribution in [0.5, 0.6) is 5.75 Å². The molecule has 2 heterocycles. The number of pyridine rings is 1. The summed E-state index contributed by atoms with van der Waals surface area (Å²) in [5.41, 5.74) is 12.6. The second-order valence-electron chi connectivity index (χ2n) is 8.61. The maximum Gasteiger partial charge on any atom is 0.174 e. The number of nitrogen functional groups attached to an aromatic ring is 1. The van der Waals surface area contributed by atoms with Crippen LogP contribution in [0.2, 0.25) is 0 Å². The van der Waals surface area contributed by atoms with E-state index in [1.165, 1.54) is 31.9 Å². The Morgan fingerprint density at radius 1 is 1.18 bits per heavy atom. The molecule has 6 heteroatoms. The van der Waals surface area contributed by atoms with Gasteiger partial charge < -0.3 is 20.7 Å². The fraction of sp³-hybridized carbons (Fsp3) is 0.321. The number of rotatable bonds is 8. The Kier molecular flexibility index (Phi) is 7.36. The minimum Gasteiger partial charge on any atom is -0.494 e. The monoisotopic (exact) mass is 460 g/mol. The van der Waals surface area contributed by atoms with Crippen LogP contribution < -0.4 is 15.8 Å². The average molecular weight is 461 g/mol. The highest BCUT2D eigenvalue weighted by Gasteiger charge is 2.24. The molecular weight excluding hydrogens is 427 g/mol. The van der Waals surface area contributed by atoms with Gasteiger partial charge in [-0.2, -0.15) is 0 Å². The number of benzene rings is 1. The van der Waals surface area contributed by atoms with Crippen LogP contribution in [0.4, 0.5) is 10.1 Å². The number of piperidine rings is 1. The summed E-state index contributed by atoms with van der Waals surface area (Å²) >= 11 is 0. The number of ether oxygens (including phenoxy) is 1. The minimum atomic E-state index is -0.436. The largest absolute Gasteiger partial charge is 0.494 e.